The zero-order valence-electron chi connectivity index (χ0n) is 30.6. The molecule has 2 aromatic carbocycles. The molecule has 18 heteroatoms. The Morgan fingerprint density at radius 2 is 1.43 bits per heavy atom. The predicted octanol–water partition coefficient (Wildman–Crippen LogP) is 2.50. The number of carbonyl (C=O) groups is 5. The van der Waals surface area contributed by atoms with Crippen molar-refractivity contribution in [1.82, 2.24) is 21.3 Å². The number of rotatable bonds is 20. The van der Waals surface area contributed by atoms with Gasteiger partial charge in [-0.05, 0) is 49.1 Å². The monoisotopic (exact) mass is 767 g/mol. The van der Waals surface area contributed by atoms with E-state index >= 15 is 0 Å². The molecule has 2 aromatic rings. The zero-order valence-corrected chi connectivity index (χ0v) is 30.6. The predicted molar refractivity (Wildman–Crippen MR) is 195 cm³/mol. The first kappa shape index (κ1) is 46.6. The number of nitrogens with two attached hydrogens (primary N) is 2. The summed E-state index contributed by atoms with van der Waals surface area (Å²) in [6, 6.07) is 16.1. The van der Waals surface area contributed by atoms with Crippen LogP contribution in [0.1, 0.15) is 64.0 Å². The molecule has 4 atom stereocenters. The van der Waals surface area contributed by atoms with Gasteiger partial charge in [-0.3, -0.25) is 19.4 Å². The molecule has 54 heavy (non-hydrogen) atoms. The molecule has 300 valence electrons. The lowest BCUT2D eigenvalue weighted by Gasteiger charge is -2.28. The van der Waals surface area contributed by atoms with E-state index in [2.05, 4.69) is 26.3 Å². The average molecular weight is 768 g/mol. The van der Waals surface area contributed by atoms with Gasteiger partial charge < -0.3 is 47.7 Å². The van der Waals surface area contributed by atoms with E-state index in [4.69, 9.17) is 26.1 Å². The van der Waals surface area contributed by atoms with E-state index in [1.807, 2.05) is 62.4 Å². The van der Waals surface area contributed by atoms with Gasteiger partial charge in [0.2, 0.25) is 17.7 Å². The number of nitrogens with one attached hydrogen (secondary N) is 4. The SMILES string of the molecule is CC[C@H](NC(=O)[C@H](CCCN=C(N)N)NC(=O)OCc1ccccc1)C(=O)N[C@@H](CC(C)C)[C@@H](O)CC(=O)NCCc1ccccc1.O=C(O)C(F)(F)F. The Balaban J connectivity index is 0.00000189. The number of guanidine groups is 1. The van der Waals surface area contributed by atoms with Crippen LogP contribution in [0.15, 0.2) is 65.7 Å². The molecule has 0 spiro atoms. The quantitative estimate of drug-likeness (QED) is 0.0556. The summed E-state index contributed by atoms with van der Waals surface area (Å²) in [5.74, 6) is -4.18. The van der Waals surface area contributed by atoms with Crippen molar-refractivity contribution in [2.24, 2.45) is 22.4 Å². The highest BCUT2D eigenvalue weighted by atomic mass is 19.4. The van der Waals surface area contributed by atoms with Crippen LogP contribution in [0.25, 0.3) is 0 Å². The van der Waals surface area contributed by atoms with Crippen molar-refractivity contribution >= 4 is 35.7 Å². The van der Waals surface area contributed by atoms with Crippen molar-refractivity contribution in [2.75, 3.05) is 13.1 Å². The lowest BCUT2D eigenvalue weighted by Crippen LogP contribution is -2.56. The number of aliphatic hydroxyl groups excluding tert-OH is 1. The fraction of sp³-hybridized carbons (Fsp3) is 0.500. The maximum absolute atomic E-state index is 13.4. The van der Waals surface area contributed by atoms with Gasteiger partial charge in [0, 0.05) is 13.1 Å². The van der Waals surface area contributed by atoms with Gasteiger partial charge in [0.05, 0.1) is 18.6 Å². The van der Waals surface area contributed by atoms with E-state index in [1.165, 1.54) is 0 Å². The van der Waals surface area contributed by atoms with Crippen molar-refractivity contribution in [3.8, 4) is 0 Å². The minimum atomic E-state index is -5.08. The highest BCUT2D eigenvalue weighted by Gasteiger charge is 2.38. The number of aliphatic carboxylic acids is 1. The van der Waals surface area contributed by atoms with Crippen molar-refractivity contribution in [1.29, 1.82) is 0 Å². The molecule has 10 N–H and O–H groups in total. The van der Waals surface area contributed by atoms with Crippen LogP contribution >= 0.6 is 0 Å². The smallest absolute Gasteiger partial charge is 0.475 e. The number of hydrogen-bond donors (Lipinski definition) is 8. The van der Waals surface area contributed by atoms with Gasteiger partial charge >= 0.3 is 18.2 Å². The van der Waals surface area contributed by atoms with E-state index in [1.54, 1.807) is 19.1 Å². The van der Waals surface area contributed by atoms with Gasteiger partial charge in [-0.15, -0.1) is 0 Å². The number of alkyl halides is 3. The summed E-state index contributed by atoms with van der Waals surface area (Å²) in [4.78, 5) is 64.7. The van der Waals surface area contributed by atoms with Crippen LogP contribution in [0.3, 0.4) is 0 Å². The van der Waals surface area contributed by atoms with Crippen molar-refractivity contribution in [2.45, 2.75) is 96.3 Å². The van der Waals surface area contributed by atoms with Crippen LogP contribution in [-0.4, -0.2) is 89.5 Å². The second-order valence-corrected chi connectivity index (χ2v) is 12.6. The van der Waals surface area contributed by atoms with E-state index in [9.17, 15) is 37.5 Å². The van der Waals surface area contributed by atoms with E-state index in [0.29, 0.717) is 25.8 Å². The average Bonchev–Trinajstić information content (AvgIpc) is 3.10. The molecule has 0 aliphatic rings. The maximum atomic E-state index is 13.4. The number of nitrogens with zero attached hydrogens (tertiary/aromatic N) is 1. The Morgan fingerprint density at radius 1 is 0.870 bits per heavy atom. The molecular weight excluding hydrogens is 715 g/mol. The Morgan fingerprint density at radius 3 is 1.94 bits per heavy atom. The number of aliphatic hydroxyl groups is 1. The van der Waals surface area contributed by atoms with Gasteiger partial charge in [0.25, 0.3) is 0 Å². The maximum Gasteiger partial charge on any atom is 0.490 e. The molecule has 0 unspecified atom stereocenters. The normalized spacial score (nSPS) is 13.1. The molecule has 0 heterocycles. The number of ether oxygens (including phenoxy) is 1. The molecule has 0 aromatic heterocycles. The molecule has 4 amide bonds. The Bertz CT molecular complexity index is 1480. The molecule has 2 rings (SSSR count). The van der Waals surface area contributed by atoms with Crippen molar-refractivity contribution < 1.29 is 52.1 Å². The van der Waals surface area contributed by atoms with Crippen molar-refractivity contribution in [3.05, 3.63) is 71.8 Å². The molecule has 0 saturated heterocycles. The van der Waals surface area contributed by atoms with E-state index in [-0.39, 0.29) is 50.2 Å². The molecule has 0 aliphatic heterocycles. The topological polar surface area (TPSA) is 248 Å². The number of carboxylic acids is 1. The molecule has 15 nitrogen and oxygen atoms in total. The lowest BCUT2D eigenvalue weighted by molar-refractivity contribution is -0.192. The summed E-state index contributed by atoms with van der Waals surface area (Å²) in [7, 11) is 0. The van der Waals surface area contributed by atoms with Gasteiger partial charge in [0.1, 0.15) is 18.7 Å². The van der Waals surface area contributed by atoms with Crippen LogP contribution in [0.5, 0.6) is 0 Å². The third-order valence-corrected chi connectivity index (χ3v) is 7.54. The minimum absolute atomic E-state index is 0.0135. The first-order valence-corrected chi connectivity index (χ1v) is 17.3. The summed E-state index contributed by atoms with van der Waals surface area (Å²) in [6.45, 7) is 6.29. The Labute approximate surface area is 312 Å². The van der Waals surface area contributed by atoms with Crippen molar-refractivity contribution in [3.63, 3.8) is 0 Å². The number of aliphatic imine (C=N–C) groups is 1. The summed E-state index contributed by atoms with van der Waals surface area (Å²) in [6.07, 6.45) is -5.36. The molecular formula is C36H52F3N7O8. The summed E-state index contributed by atoms with van der Waals surface area (Å²) in [5, 5.41) is 29.0. The number of carbonyl (C=O) groups excluding carboxylic acids is 4. The molecule has 0 aliphatic carbocycles. The molecule has 0 fully saturated rings. The highest BCUT2D eigenvalue weighted by molar-refractivity contribution is 5.91. The third-order valence-electron chi connectivity index (χ3n) is 7.54. The fourth-order valence-electron chi connectivity index (χ4n) is 4.80. The second kappa shape index (κ2) is 24.8. The third kappa shape index (κ3) is 20.6. The summed E-state index contributed by atoms with van der Waals surface area (Å²) >= 11 is 0. The largest absolute Gasteiger partial charge is 0.490 e. The number of hydrogen-bond acceptors (Lipinski definition) is 8. The number of amides is 4. The highest BCUT2D eigenvalue weighted by Crippen LogP contribution is 2.14. The summed E-state index contributed by atoms with van der Waals surface area (Å²) in [5.41, 5.74) is 12.7. The standard InChI is InChI=1S/C34H51N7O6.C2HF3O2/c1-4-26(31(44)40-28(20-23(2)3)29(42)21-30(43)37-19-17-24-12-7-5-8-13-24)39-32(45)27(16-11-18-38-33(35)36)41-34(46)47-22-25-14-9-6-10-15-25;3-2(4,5)1(6)7/h5-10,12-15,23,26-29,42H,4,11,16-22H2,1-3H3,(H,37,43)(H,39,45)(H,40,44)(H,41,46)(H4,35,36,38);(H,6,7)/t26-,27-,28-,29-;/m0./s1. The van der Waals surface area contributed by atoms with Crippen LogP contribution in [0, 0.1) is 5.92 Å². The molecule has 0 bridgehead atoms. The van der Waals surface area contributed by atoms with Gasteiger partial charge in [-0.25, -0.2) is 9.59 Å². The van der Waals surface area contributed by atoms with Gasteiger partial charge in [0.15, 0.2) is 5.96 Å². The first-order chi connectivity index (χ1) is 25.4. The number of benzene rings is 2. The van der Waals surface area contributed by atoms with Crippen LogP contribution in [0.4, 0.5) is 18.0 Å². The van der Waals surface area contributed by atoms with Gasteiger partial charge in [-0.1, -0.05) is 81.4 Å². The van der Waals surface area contributed by atoms with Gasteiger partial charge in [-0.2, -0.15) is 13.2 Å². The number of alkyl carbamates (subject to hydrolysis) is 1. The Kier molecular flexibility index (Phi) is 21.4. The minimum Gasteiger partial charge on any atom is -0.475 e. The fourth-order valence-corrected chi connectivity index (χ4v) is 4.80. The second-order valence-electron chi connectivity index (χ2n) is 12.6. The van der Waals surface area contributed by atoms with Crippen LogP contribution in [-0.2, 0) is 36.9 Å². The molecule has 0 radical (unpaired) electrons. The lowest BCUT2D eigenvalue weighted by atomic mass is 9.96. The molecule has 0 saturated carbocycles. The Hall–Kier alpha value is -5.39. The summed E-state index contributed by atoms with van der Waals surface area (Å²) < 4.78 is 37.0. The van der Waals surface area contributed by atoms with E-state index in [0.717, 1.165) is 11.1 Å². The number of halogens is 3. The number of carboxylic acid groups (broad SMARTS) is 1. The zero-order chi connectivity index (χ0) is 40.7. The van der Waals surface area contributed by atoms with Crippen LogP contribution < -0.4 is 32.7 Å². The van der Waals surface area contributed by atoms with E-state index < -0.39 is 54.3 Å². The first-order valence-electron chi connectivity index (χ1n) is 17.3. The van der Waals surface area contributed by atoms with Crippen LogP contribution in [0.2, 0.25) is 0 Å².